The highest BCUT2D eigenvalue weighted by molar-refractivity contribution is 9.10. The molecule has 0 heterocycles. The predicted octanol–water partition coefficient (Wildman–Crippen LogP) is 3.68. The van der Waals surface area contributed by atoms with Crippen molar-refractivity contribution in [3.63, 3.8) is 0 Å². The molecule has 0 spiro atoms. The first-order valence-corrected chi connectivity index (χ1v) is 4.80. The lowest BCUT2D eigenvalue weighted by Gasteiger charge is -2.17. The van der Waals surface area contributed by atoms with Gasteiger partial charge in [-0.3, -0.25) is 0 Å². The zero-order valence-electron chi connectivity index (χ0n) is 6.35. The molecule has 0 fully saturated rings. The number of ether oxygens (including phenoxy) is 1. The molecule has 0 saturated heterocycles. The number of halogens is 3. The van der Waals surface area contributed by atoms with Gasteiger partial charge in [-0.2, -0.15) is 0 Å². The molecule has 1 aromatic carbocycles. The Bertz CT molecular complexity index is 258. The third-order valence-electron chi connectivity index (χ3n) is 1.44. The molecule has 0 N–H and O–H groups in total. The third kappa shape index (κ3) is 2.36. The molecule has 0 amide bonds. The maximum Gasteiger partial charge on any atom is 0.244 e. The van der Waals surface area contributed by atoms with Gasteiger partial charge in [0.25, 0.3) is 0 Å². The SMILES string of the molecule is COC(Cl)(Cl)c1ccc(Br)cc1. The molecule has 0 bridgehead atoms. The van der Waals surface area contributed by atoms with Crippen LogP contribution >= 0.6 is 39.1 Å². The van der Waals surface area contributed by atoms with Crippen molar-refractivity contribution in [3.05, 3.63) is 34.3 Å². The van der Waals surface area contributed by atoms with Crippen molar-refractivity contribution in [3.8, 4) is 0 Å². The van der Waals surface area contributed by atoms with Crippen molar-refractivity contribution in [2.75, 3.05) is 7.11 Å². The largest absolute Gasteiger partial charge is 0.346 e. The number of benzene rings is 1. The van der Waals surface area contributed by atoms with Crippen LogP contribution in [0.15, 0.2) is 28.7 Å². The zero-order valence-corrected chi connectivity index (χ0v) is 9.45. The van der Waals surface area contributed by atoms with Gasteiger partial charge in [-0.1, -0.05) is 51.3 Å². The van der Waals surface area contributed by atoms with Crippen LogP contribution in [0.2, 0.25) is 0 Å². The summed E-state index contributed by atoms with van der Waals surface area (Å²) in [6, 6.07) is 7.31. The molecule has 66 valence electrons. The van der Waals surface area contributed by atoms with E-state index in [1.807, 2.05) is 12.1 Å². The van der Waals surface area contributed by atoms with Crippen molar-refractivity contribution >= 4 is 39.1 Å². The second-order valence-corrected chi connectivity index (χ2v) is 4.40. The summed E-state index contributed by atoms with van der Waals surface area (Å²) in [7, 11) is 1.46. The lowest BCUT2D eigenvalue weighted by Crippen LogP contribution is -2.12. The van der Waals surface area contributed by atoms with Gasteiger partial charge in [0.05, 0.1) is 0 Å². The number of methoxy groups -OCH3 is 1. The Balaban J connectivity index is 2.96. The van der Waals surface area contributed by atoms with Crippen molar-refractivity contribution in [2.45, 2.75) is 4.52 Å². The van der Waals surface area contributed by atoms with E-state index >= 15 is 0 Å². The minimum atomic E-state index is -1.25. The van der Waals surface area contributed by atoms with Crippen LogP contribution in [0.5, 0.6) is 0 Å². The predicted molar refractivity (Wildman–Crippen MR) is 54.5 cm³/mol. The van der Waals surface area contributed by atoms with E-state index in [9.17, 15) is 0 Å². The number of rotatable bonds is 2. The van der Waals surface area contributed by atoms with Crippen LogP contribution in [0.25, 0.3) is 0 Å². The summed E-state index contributed by atoms with van der Waals surface area (Å²) in [4.78, 5) is 0. The van der Waals surface area contributed by atoms with Gasteiger partial charge in [-0.25, -0.2) is 0 Å². The summed E-state index contributed by atoms with van der Waals surface area (Å²) in [5.74, 6) is 0. The Morgan fingerprint density at radius 1 is 1.25 bits per heavy atom. The first-order valence-electron chi connectivity index (χ1n) is 3.25. The molecule has 4 heteroatoms. The van der Waals surface area contributed by atoms with Crippen LogP contribution < -0.4 is 0 Å². The zero-order chi connectivity index (χ0) is 9.19. The van der Waals surface area contributed by atoms with E-state index in [1.165, 1.54) is 7.11 Å². The number of alkyl halides is 2. The average Bonchev–Trinajstić information content (AvgIpc) is 2.05. The van der Waals surface area contributed by atoms with E-state index in [0.29, 0.717) is 0 Å². The standard InChI is InChI=1S/C8H7BrCl2O/c1-12-8(10,11)6-2-4-7(9)5-3-6/h2-5H,1H3. The lowest BCUT2D eigenvalue weighted by atomic mass is 10.2. The fourth-order valence-corrected chi connectivity index (χ4v) is 1.28. The molecular formula is C8H7BrCl2O. The van der Waals surface area contributed by atoms with Crippen molar-refractivity contribution in [1.82, 2.24) is 0 Å². The van der Waals surface area contributed by atoms with E-state index < -0.39 is 4.52 Å². The van der Waals surface area contributed by atoms with Gasteiger partial charge in [-0.05, 0) is 12.1 Å². The average molecular weight is 270 g/mol. The fourth-order valence-electron chi connectivity index (χ4n) is 0.762. The molecule has 0 atom stereocenters. The topological polar surface area (TPSA) is 9.23 Å². The number of hydrogen-bond acceptors (Lipinski definition) is 1. The molecule has 0 aromatic heterocycles. The Kier molecular flexibility index (Phi) is 3.41. The summed E-state index contributed by atoms with van der Waals surface area (Å²) >= 11 is 15.0. The first kappa shape index (κ1) is 10.3. The normalized spacial score (nSPS) is 11.7. The van der Waals surface area contributed by atoms with Crippen LogP contribution in [-0.2, 0) is 9.26 Å². The van der Waals surface area contributed by atoms with Crippen LogP contribution in [-0.4, -0.2) is 7.11 Å². The van der Waals surface area contributed by atoms with Crippen LogP contribution in [0.3, 0.4) is 0 Å². The highest BCUT2D eigenvalue weighted by Gasteiger charge is 2.25. The van der Waals surface area contributed by atoms with Crippen LogP contribution in [0.1, 0.15) is 5.56 Å². The highest BCUT2D eigenvalue weighted by Crippen LogP contribution is 2.34. The molecule has 12 heavy (non-hydrogen) atoms. The summed E-state index contributed by atoms with van der Waals surface area (Å²) in [5, 5.41) is 0. The first-order chi connectivity index (χ1) is 5.56. The third-order valence-corrected chi connectivity index (χ3v) is 2.71. The molecular weight excluding hydrogens is 263 g/mol. The monoisotopic (exact) mass is 268 g/mol. The van der Waals surface area contributed by atoms with E-state index in [0.717, 1.165) is 10.0 Å². The van der Waals surface area contributed by atoms with Crippen molar-refractivity contribution < 1.29 is 4.74 Å². The smallest absolute Gasteiger partial charge is 0.244 e. The maximum absolute atomic E-state index is 5.83. The van der Waals surface area contributed by atoms with Gasteiger partial charge in [0.15, 0.2) is 0 Å². The summed E-state index contributed by atoms with van der Waals surface area (Å²) in [6.07, 6.45) is 0. The van der Waals surface area contributed by atoms with Gasteiger partial charge in [-0.15, -0.1) is 0 Å². The molecule has 1 rings (SSSR count). The lowest BCUT2D eigenvalue weighted by molar-refractivity contribution is 0.133. The molecule has 0 saturated carbocycles. The van der Waals surface area contributed by atoms with Gasteiger partial charge in [0, 0.05) is 17.1 Å². The van der Waals surface area contributed by atoms with Crippen molar-refractivity contribution in [1.29, 1.82) is 0 Å². The van der Waals surface area contributed by atoms with Crippen LogP contribution in [0, 0.1) is 0 Å². The van der Waals surface area contributed by atoms with Crippen molar-refractivity contribution in [2.24, 2.45) is 0 Å². The van der Waals surface area contributed by atoms with Gasteiger partial charge < -0.3 is 4.74 Å². The maximum atomic E-state index is 5.83. The van der Waals surface area contributed by atoms with Gasteiger partial charge in [0.2, 0.25) is 4.52 Å². The van der Waals surface area contributed by atoms with Gasteiger partial charge in [0.1, 0.15) is 0 Å². The molecule has 1 aromatic rings. The van der Waals surface area contributed by atoms with E-state index in [4.69, 9.17) is 27.9 Å². The Morgan fingerprint density at radius 2 is 1.75 bits per heavy atom. The molecule has 1 nitrogen and oxygen atoms in total. The Labute approximate surface area is 89.7 Å². The number of hydrogen-bond donors (Lipinski definition) is 0. The van der Waals surface area contributed by atoms with E-state index in [2.05, 4.69) is 15.9 Å². The minimum Gasteiger partial charge on any atom is -0.346 e. The molecule has 0 radical (unpaired) electrons. The van der Waals surface area contributed by atoms with E-state index in [-0.39, 0.29) is 0 Å². The Hall–Kier alpha value is 0.240. The second kappa shape index (κ2) is 3.97. The summed E-state index contributed by atoms with van der Waals surface area (Å²) in [6.45, 7) is 0. The Morgan fingerprint density at radius 3 is 2.17 bits per heavy atom. The quantitative estimate of drug-likeness (QED) is 0.745. The summed E-state index contributed by atoms with van der Waals surface area (Å²) in [5.41, 5.74) is 0.719. The molecule has 0 aliphatic rings. The molecule has 0 aliphatic heterocycles. The molecule has 0 aliphatic carbocycles. The summed E-state index contributed by atoms with van der Waals surface area (Å²) < 4.78 is 4.61. The fraction of sp³-hybridized carbons (Fsp3) is 0.250. The van der Waals surface area contributed by atoms with Crippen LogP contribution in [0.4, 0.5) is 0 Å². The van der Waals surface area contributed by atoms with E-state index in [1.54, 1.807) is 12.1 Å². The minimum absolute atomic E-state index is 0.719. The second-order valence-electron chi connectivity index (χ2n) is 2.23. The molecule has 0 unspecified atom stereocenters. The van der Waals surface area contributed by atoms with Gasteiger partial charge >= 0.3 is 0 Å². The highest BCUT2D eigenvalue weighted by atomic mass is 79.9.